The lowest BCUT2D eigenvalue weighted by atomic mass is 10.1. The molecule has 2 heterocycles. The molecule has 5 rings (SSSR count). The molecular weight excluding hydrogens is 380 g/mol. The number of aromatic nitrogens is 3. The monoisotopic (exact) mass is 400 g/mol. The van der Waals surface area contributed by atoms with Crippen LogP contribution in [0.2, 0.25) is 0 Å². The van der Waals surface area contributed by atoms with E-state index in [1.165, 1.54) is 5.56 Å². The summed E-state index contributed by atoms with van der Waals surface area (Å²) in [5.74, 6) is 1.01. The summed E-state index contributed by atoms with van der Waals surface area (Å²) in [6.07, 6.45) is 0. The smallest absolute Gasteiger partial charge is 0.255 e. The fourth-order valence-corrected chi connectivity index (χ4v) is 3.52. The van der Waals surface area contributed by atoms with Gasteiger partial charge in [-0.15, -0.1) is 10.2 Å². The highest BCUT2D eigenvalue weighted by Crippen LogP contribution is 2.31. The van der Waals surface area contributed by atoms with Gasteiger partial charge in [0.05, 0.1) is 5.69 Å². The second kappa shape index (κ2) is 7.18. The summed E-state index contributed by atoms with van der Waals surface area (Å²) < 4.78 is 11.1. The third-order valence-corrected chi connectivity index (χ3v) is 5.01. The van der Waals surface area contributed by atoms with Gasteiger partial charge in [-0.25, -0.2) is 0 Å². The van der Waals surface area contributed by atoms with Crippen LogP contribution in [0.1, 0.15) is 21.5 Å². The first-order valence-electron chi connectivity index (χ1n) is 9.72. The van der Waals surface area contributed by atoms with Gasteiger partial charge in [-0.3, -0.25) is 4.79 Å². The maximum Gasteiger partial charge on any atom is 0.255 e. The fraction of sp³-hybridized carbons (Fsp3) is 0.174. The highest BCUT2D eigenvalue weighted by molar-refractivity contribution is 6.05. The molecular formula is C23H20N4O3. The number of nitrogens with zero attached hydrogens (tertiary/aromatic N) is 3. The van der Waals surface area contributed by atoms with Crippen LogP contribution in [0.15, 0.2) is 54.6 Å². The van der Waals surface area contributed by atoms with Crippen LogP contribution < -0.4 is 14.8 Å². The third-order valence-electron chi connectivity index (χ3n) is 5.01. The van der Waals surface area contributed by atoms with E-state index in [1.807, 2.05) is 37.3 Å². The average molecular weight is 400 g/mol. The van der Waals surface area contributed by atoms with Crippen LogP contribution in [0.3, 0.4) is 0 Å². The highest BCUT2D eigenvalue weighted by Gasteiger charge is 2.15. The molecule has 0 fully saturated rings. The Morgan fingerprint density at radius 1 is 0.900 bits per heavy atom. The van der Waals surface area contributed by atoms with Crippen LogP contribution in [0.5, 0.6) is 11.5 Å². The Hall–Kier alpha value is -3.87. The van der Waals surface area contributed by atoms with E-state index in [9.17, 15) is 4.79 Å². The van der Waals surface area contributed by atoms with Crippen LogP contribution >= 0.6 is 0 Å². The predicted molar refractivity (Wildman–Crippen MR) is 114 cm³/mol. The molecule has 7 nitrogen and oxygen atoms in total. The summed E-state index contributed by atoms with van der Waals surface area (Å²) in [6, 6.07) is 16.8. The van der Waals surface area contributed by atoms with Crippen molar-refractivity contribution in [2.24, 2.45) is 0 Å². The zero-order valence-corrected chi connectivity index (χ0v) is 16.7. The predicted octanol–water partition coefficient (Wildman–Crippen LogP) is 4.06. The normalized spacial score (nSPS) is 12.7. The summed E-state index contributed by atoms with van der Waals surface area (Å²) in [4.78, 5) is 14.3. The van der Waals surface area contributed by atoms with E-state index in [0.717, 1.165) is 16.8 Å². The Bertz CT molecular complexity index is 1280. The van der Waals surface area contributed by atoms with Gasteiger partial charge in [0.25, 0.3) is 5.91 Å². The Morgan fingerprint density at radius 2 is 1.70 bits per heavy atom. The van der Waals surface area contributed by atoms with Crippen LogP contribution in [-0.2, 0) is 0 Å². The van der Waals surface area contributed by atoms with Crippen molar-refractivity contribution in [2.75, 3.05) is 18.5 Å². The van der Waals surface area contributed by atoms with Crippen LogP contribution in [-0.4, -0.2) is 34.1 Å². The van der Waals surface area contributed by atoms with E-state index in [-0.39, 0.29) is 5.91 Å². The SMILES string of the molecule is Cc1ccc(-n2nc3ccc(NC(=O)c4ccc5c(c4)OCCO5)cc3n2)c(C)c1. The van der Waals surface area contributed by atoms with E-state index >= 15 is 0 Å². The molecule has 0 saturated carbocycles. The van der Waals surface area contributed by atoms with Gasteiger partial charge in [0.1, 0.15) is 24.2 Å². The second-order valence-corrected chi connectivity index (χ2v) is 7.30. The summed E-state index contributed by atoms with van der Waals surface area (Å²) in [5, 5.41) is 12.1. The molecule has 3 aromatic carbocycles. The fourth-order valence-electron chi connectivity index (χ4n) is 3.52. The number of nitrogens with one attached hydrogen (secondary N) is 1. The number of hydrogen-bond donors (Lipinski definition) is 1. The van der Waals surface area contributed by atoms with Crippen molar-refractivity contribution in [3.63, 3.8) is 0 Å². The Kier molecular flexibility index (Phi) is 4.35. The summed E-state index contributed by atoms with van der Waals surface area (Å²) in [7, 11) is 0. The number of rotatable bonds is 3. The molecule has 0 aliphatic carbocycles. The van der Waals surface area contributed by atoms with Crippen molar-refractivity contribution < 1.29 is 14.3 Å². The molecule has 0 radical (unpaired) electrons. The van der Waals surface area contributed by atoms with Gasteiger partial charge in [0.15, 0.2) is 11.5 Å². The van der Waals surface area contributed by atoms with Gasteiger partial charge in [0.2, 0.25) is 0 Å². The average Bonchev–Trinajstić information content (AvgIpc) is 3.16. The van der Waals surface area contributed by atoms with Gasteiger partial charge in [0, 0.05) is 11.3 Å². The number of ether oxygens (including phenoxy) is 2. The molecule has 1 amide bonds. The number of aryl methyl sites for hydroxylation is 2. The molecule has 1 N–H and O–H groups in total. The van der Waals surface area contributed by atoms with Crippen molar-refractivity contribution in [1.82, 2.24) is 15.0 Å². The number of hydrogen-bond acceptors (Lipinski definition) is 5. The minimum atomic E-state index is -0.229. The van der Waals surface area contributed by atoms with Gasteiger partial charge >= 0.3 is 0 Å². The van der Waals surface area contributed by atoms with Crippen molar-refractivity contribution in [3.05, 3.63) is 71.3 Å². The van der Waals surface area contributed by atoms with Gasteiger partial charge in [-0.1, -0.05) is 17.7 Å². The molecule has 1 aliphatic rings. The van der Waals surface area contributed by atoms with Crippen LogP contribution in [0.25, 0.3) is 16.7 Å². The van der Waals surface area contributed by atoms with E-state index < -0.39 is 0 Å². The largest absolute Gasteiger partial charge is 0.486 e. The van der Waals surface area contributed by atoms with Crippen LogP contribution in [0.4, 0.5) is 5.69 Å². The van der Waals surface area contributed by atoms with Gasteiger partial charge in [-0.2, -0.15) is 4.80 Å². The molecule has 150 valence electrons. The second-order valence-electron chi connectivity index (χ2n) is 7.30. The summed E-state index contributed by atoms with van der Waals surface area (Å²) >= 11 is 0. The van der Waals surface area contributed by atoms with Gasteiger partial charge < -0.3 is 14.8 Å². The summed E-state index contributed by atoms with van der Waals surface area (Å²) in [5.41, 5.74) is 5.83. The minimum absolute atomic E-state index is 0.229. The number of benzene rings is 3. The first-order chi connectivity index (χ1) is 14.6. The number of fused-ring (bicyclic) bond motifs is 2. The lowest BCUT2D eigenvalue weighted by Gasteiger charge is -2.18. The van der Waals surface area contributed by atoms with E-state index in [1.54, 1.807) is 23.0 Å². The van der Waals surface area contributed by atoms with E-state index in [0.29, 0.717) is 41.5 Å². The van der Waals surface area contributed by atoms with Crippen molar-refractivity contribution in [3.8, 4) is 17.2 Å². The van der Waals surface area contributed by atoms with Crippen molar-refractivity contribution >= 4 is 22.6 Å². The molecule has 0 spiro atoms. The lowest BCUT2D eigenvalue weighted by Crippen LogP contribution is -2.17. The quantitative estimate of drug-likeness (QED) is 0.561. The zero-order chi connectivity index (χ0) is 20.7. The highest BCUT2D eigenvalue weighted by atomic mass is 16.6. The lowest BCUT2D eigenvalue weighted by molar-refractivity contribution is 0.102. The Morgan fingerprint density at radius 3 is 2.53 bits per heavy atom. The number of amides is 1. The first kappa shape index (κ1) is 18.2. The minimum Gasteiger partial charge on any atom is -0.486 e. The molecule has 4 aromatic rings. The molecule has 30 heavy (non-hydrogen) atoms. The molecule has 0 saturated heterocycles. The molecule has 1 aromatic heterocycles. The van der Waals surface area contributed by atoms with Crippen molar-refractivity contribution in [2.45, 2.75) is 13.8 Å². The standard InChI is InChI=1S/C23H20N4O3/c1-14-3-7-20(15(2)11-14)27-25-18-6-5-17(13-19(18)26-27)24-23(28)16-4-8-21-22(12-16)30-10-9-29-21/h3-8,11-13H,9-10H2,1-2H3,(H,24,28). The number of anilines is 1. The van der Waals surface area contributed by atoms with Crippen LogP contribution in [0, 0.1) is 13.8 Å². The van der Waals surface area contributed by atoms with E-state index in [4.69, 9.17) is 9.47 Å². The maximum atomic E-state index is 12.7. The van der Waals surface area contributed by atoms with E-state index in [2.05, 4.69) is 28.5 Å². The van der Waals surface area contributed by atoms with Gasteiger partial charge in [-0.05, 0) is 61.9 Å². The molecule has 7 heteroatoms. The topological polar surface area (TPSA) is 78.3 Å². The summed E-state index contributed by atoms with van der Waals surface area (Å²) in [6.45, 7) is 5.09. The van der Waals surface area contributed by atoms with Crippen molar-refractivity contribution in [1.29, 1.82) is 0 Å². The first-order valence-corrected chi connectivity index (χ1v) is 9.72. The molecule has 1 aliphatic heterocycles. The number of carbonyl (C=O) groups excluding carboxylic acids is 1. The maximum absolute atomic E-state index is 12.7. The molecule has 0 atom stereocenters. The molecule has 0 unspecified atom stereocenters. The third kappa shape index (κ3) is 3.34. The zero-order valence-electron chi connectivity index (χ0n) is 16.7. The molecule has 0 bridgehead atoms. The Balaban J connectivity index is 1.40. The Labute approximate surface area is 173 Å². The number of carbonyl (C=O) groups is 1.